The van der Waals surface area contributed by atoms with E-state index in [-0.39, 0.29) is 6.54 Å². The second-order valence-corrected chi connectivity index (χ2v) is 6.94. The largest absolute Gasteiger partial charge is 0.324 e. The molecule has 0 fully saturated rings. The Kier molecular flexibility index (Phi) is 5.39. The lowest BCUT2D eigenvalue weighted by Crippen LogP contribution is -2.38. The number of carbonyl (C=O) groups excluding carboxylic acids is 2. The third kappa shape index (κ3) is 4.12. The van der Waals surface area contributed by atoms with Gasteiger partial charge in [0.15, 0.2) is 0 Å². The molecule has 1 heterocycles. The van der Waals surface area contributed by atoms with Gasteiger partial charge in [-0.2, -0.15) is 0 Å². The summed E-state index contributed by atoms with van der Waals surface area (Å²) in [7, 11) is 0. The van der Waals surface area contributed by atoms with Crippen molar-refractivity contribution in [3.05, 3.63) is 107 Å². The quantitative estimate of drug-likeness (QED) is 0.651. The van der Waals surface area contributed by atoms with Crippen LogP contribution in [0.15, 0.2) is 78.9 Å². The van der Waals surface area contributed by atoms with Gasteiger partial charge < -0.3 is 10.2 Å². The maximum atomic E-state index is 14.1. The summed E-state index contributed by atoms with van der Waals surface area (Å²) >= 11 is 0. The number of rotatable bonds is 3. The van der Waals surface area contributed by atoms with E-state index in [2.05, 4.69) is 5.32 Å². The smallest absolute Gasteiger partial charge is 0.247 e. The molecule has 150 valence electrons. The van der Waals surface area contributed by atoms with Crippen molar-refractivity contribution < 1.29 is 18.4 Å². The fourth-order valence-corrected chi connectivity index (χ4v) is 3.51. The number of hydrogen-bond donors (Lipinski definition) is 1. The molecule has 0 aliphatic carbocycles. The molecule has 6 heteroatoms. The van der Waals surface area contributed by atoms with Crippen LogP contribution in [0.4, 0.5) is 14.5 Å². The standard InChI is InChI=1S/C24H18F2N2O2/c25-18-9-7-17(8-10-18)24-20-14-19(26)11-12-21(20)27-22(29)15-28(24)23(30)13-6-16-4-2-1-3-5-16/h1-14,24H,15H2,(H,27,29). The van der Waals surface area contributed by atoms with Crippen LogP contribution in [0, 0.1) is 11.6 Å². The second kappa shape index (κ2) is 8.29. The molecule has 0 radical (unpaired) electrons. The molecule has 4 rings (SSSR count). The summed E-state index contributed by atoms with van der Waals surface area (Å²) in [5, 5.41) is 2.72. The molecule has 2 amide bonds. The van der Waals surface area contributed by atoms with Crippen molar-refractivity contribution in [1.82, 2.24) is 4.90 Å². The van der Waals surface area contributed by atoms with Crippen LogP contribution in [-0.2, 0) is 9.59 Å². The number of benzene rings is 3. The molecule has 1 aliphatic heterocycles. The van der Waals surface area contributed by atoms with E-state index in [1.165, 1.54) is 53.4 Å². The molecule has 3 aromatic carbocycles. The van der Waals surface area contributed by atoms with E-state index in [4.69, 9.17) is 0 Å². The van der Waals surface area contributed by atoms with E-state index in [1.54, 1.807) is 6.08 Å². The number of hydrogen-bond acceptors (Lipinski definition) is 2. The van der Waals surface area contributed by atoms with Crippen molar-refractivity contribution in [3.63, 3.8) is 0 Å². The van der Waals surface area contributed by atoms with Crippen LogP contribution in [0.5, 0.6) is 0 Å². The van der Waals surface area contributed by atoms with E-state index >= 15 is 0 Å². The van der Waals surface area contributed by atoms with Gasteiger partial charge in [-0.05, 0) is 47.5 Å². The van der Waals surface area contributed by atoms with Gasteiger partial charge in [0.25, 0.3) is 0 Å². The molecule has 0 saturated carbocycles. The van der Waals surface area contributed by atoms with Gasteiger partial charge in [-0.15, -0.1) is 0 Å². The van der Waals surface area contributed by atoms with Crippen LogP contribution in [0.1, 0.15) is 22.7 Å². The Morgan fingerprint density at radius 3 is 2.40 bits per heavy atom. The number of amides is 2. The lowest BCUT2D eigenvalue weighted by atomic mass is 9.95. The molecule has 1 unspecified atom stereocenters. The third-order valence-corrected chi connectivity index (χ3v) is 4.89. The monoisotopic (exact) mass is 404 g/mol. The second-order valence-electron chi connectivity index (χ2n) is 6.94. The summed E-state index contributed by atoms with van der Waals surface area (Å²) in [4.78, 5) is 26.9. The summed E-state index contributed by atoms with van der Waals surface area (Å²) in [5.74, 6) is -1.73. The van der Waals surface area contributed by atoms with Crippen LogP contribution < -0.4 is 5.32 Å². The van der Waals surface area contributed by atoms with Crippen molar-refractivity contribution in [2.45, 2.75) is 6.04 Å². The number of anilines is 1. The van der Waals surface area contributed by atoms with Crippen LogP contribution >= 0.6 is 0 Å². The highest BCUT2D eigenvalue weighted by molar-refractivity contribution is 6.00. The lowest BCUT2D eigenvalue weighted by molar-refractivity contribution is -0.131. The molecular formula is C24H18F2N2O2. The normalized spacial score (nSPS) is 16.1. The predicted molar refractivity (Wildman–Crippen MR) is 110 cm³/mol. The first-order valence-electron chi connectivity index (χ1n) is 9.40. The average Bonchev–Trinajstić information content (AvgIpc) is 2.89. The Hall–Kier alpha value is -3.80. The van der Waals surface area contributed by atoms with Crippen molar-refractivity contribution >= 4 is 23.6 Å². The molecule has 0 aromatic heterocycles. The molecular weight excluding hydrogens is 386 g/mol. The maximum absolute atomic E-state index is 14.1. The first-order chi connectivity index (χ1) is 14.5. The van der Waals surface area contributed by atoms with E-state index in [0.29, 0.717) is 16.8 Å². The number of halogens is 2. The van der Waals surface area contributed by atoms with E-state index < -0.39 is 29.5 Å². The molecule has 30 heavy (non-hydrogen) atoms. The lowest BCUT2D eigenvalue weighted by Gasteiger charge is -2.29. The molecule has 0 bridgehead atoms. The van der Waals surface area contributed by atoms with Gasteiger partial charge in [0.2, 0.25) is 11.8 Å². The van der Waals surface area contributed by atoms with Gasteiger partial charge in [0, 0.05) is 17.3 Å². The molecule has 0 saturated heterocycles. The number of carbonyl (C=O) groups is 2. The minimum absolute atomic E-state index is 0.226. The molecule has 0 spiro atoms. The average molecular weight is 404 g/mol. The van der Waals surface area contributed by atoms with Crippen LogP contribution in [0.3, 0.4) is 0 Å². The fourth-order valence-electron chi connectivity index (χ4n) is 3.51. The van der Waals surface area contributed by atoms with Gasteiger partial charge in [0.05, 0.1) is 6.04 Å². The summed E-state index contributed by atoms with van der Waals surface area (Å²) in [6.07, 6.45) is 3.03. The minimum Gasteiger partial charge on any atom is -0.324 e. The number of fused-ring (bicyclic) bond motifs is 1. The number of nitrogens with zero attached hydrogens (tertiary/aromatic N) is 1. The van der Waals surface area contributed by atoms with Crippen molar-refractivity contribution in [2.24, 2.45) is 0 Å². The number of nitrogens with one attached hydrogen (secondary N) is 1. The highest BCUT2D eigenvalue weighted by Gasteiger charge is 2.32. The van der Waals surface area contributed by atoms with Crippen molar-refractivity contribution in [3.8, 4) is 0 Å². The highest BCUT2D eigenvalue weighted by atomic mass is 19.1. The SMILES string of the molecule is O=C1CN(C(=O)C=Cc2ccccc2)C(c2ccc(F)cc2)c2cc(F)ccc2N1. The molecule has 1 N–H and O–H groups in total. The van der Waals surface area contributed by atoms with Crippen LogP contribution in [0.25, 0.3) is 6.08 Å². The predicted octanol–water partition coefficient (Wildman–Crippen LogP) is 4.55. The molecule has 4 nitrogen and oxygen atoms in total. The van der Waals surface area contributed by atoms with Gasteiger partial charge in [-0.25, -0.2) is 8.78 Å². The van der Waals surface area contributed by atoms with E-state index in [1.807, 2.05) is 30.3 Å². The van der Waals surface area contributed by atoms with Crippen LogP contribution in [-0.4, -0.2) is 23.3 Å². The van der Waals surface area contributed by atoms with Gasteiger partial charge in [-0.3, -0.25) is 9.59 Å². The van der Waals surface area contributed by atoms with Gasteiger partial charge in [0.1, 0.15) is 18.2 Å². The summed E-state index contributed by atoms with van der Waals surface area (Å²) in [6, 6.07) is 18.1. The minimum atomic E-state index is -0.761. The topological polar surface area (TPSA) is 49.4 Å². The van der Waals surface area contributed by atoms with Gasteiger partial charge in [-0.1, -0.05) is 42.5 Å². The Balaban J connectivity index is 1.79. The fraction of sp³-hybridized carbons (Fsp3) is 0.0833. The Bertz CT molecular complexity index is 1110. The molecule has 1 aliphatic rings. The summed E-state index contributed by atoms with van der Waals surface area (Å²) < 4.78 is 27.6. The summed E-state index contributed by atoms with van der Waals surface area (Å²) in [6.45, 7) is -0.226. The zero-order valence-corrected chi connectivity index (χ0v) is 15.9. The zero-order chi connectivity index (χ0) is 21.1. The Morgan fingerprint density at radius 1 is 0.967 bits per heavy atom. The van der Waals surface area contributed by atoms with Gasteiger partial charge >= 0.3 is 0 Å². The third-order valence-electron chi connectivity index (χ3n) is 4.89. The first kappa shape index (κ1) is 19.5. The Labute approximate surface area is 172 Å². The van der Waals surface area contributed by atoms with E-state index in [0.717, 1.165) is 5.56 Å². The first-order valence-corrected chi connectivity index (χ1v) is 9.40. The maximum Gasteiger partial charge on any atom is 0.247 e. The Morgan fingerprint density at radius 2 is 1.67 bits per heavy atom. The van der Waals surface area contributed by atoms with Crippen molar-refractivity contribution in [2.75, 3.05) is 11.9 Å². The van der Waals surface area contributed by atoms with Crippen LogP contribution in [0.2, 0.25) is 0 Å². The molecule has 1 atom stereocenters. The molecule has 3 aromatic rings. The summed E-state index contributed by atoms with van der Waals surface area (Å²) in [5.41, 5.74) is 2.24. The zero-order valence-electron chi connectivity index (χ0n) is 15.9. The van der Waals surface area contributed by atoms with Crippen molar-refractivity contribution in [1.29, 1.82) is 0 Å². The highest BCUT2D eigenvalue weighted by Crippen LogP contribution is 2.36. The van der Waals surface area contributed by atoms with E-state index in [9.17, 15) is 18.4 Å².